The average molecular weight is 217 g/mol. The highest BCUT2D eigenvalue weighted by molar-refractivity contribution is 5.39. The van der Waals surface area contributed by atoms with Crippen LogP contribution in [0, 0.1) is 18.3 Å². The molecule has 0 aliphatic heterocycles. The van der Waals surface area contributed by atoms with E-state index < -0.39 is 23.5 Å². The summed E-state index contributed by atoms with van der Waals surface area (Å²) < 4.78 is 38.8. The maximum Gasteiger partial charge on any atom is 0.434 e. The Kier molecular flexibility index (Phi) is 2.75. The van der Waals surface area contributed by atoms with Crippen LogP contribution in [0.2, 0.25) is 0 Å². The molecule has 82 valence electrons. The third-order valence-electron chi connectivity index (χ3n) is 1.95. The number of hydrogen-bond donors (Lipinski definition) is 0. The van der Waals surface area contributed by atoms with Crippen LogP contribution in [0.5, 0.6) is 0 Å². The average Bonchev–Trinajstić information content (AvgIpc) is 2.41. The van der Waals surface area contributed by atoms with Crippen LogP contribution in [-0.4, -0.2) is 9.78 Å². The molecule has 0 saturated carbocycles. The number of hydrogen-bond acceptors (Lipinski definition) is 2. The molecule has 1 aromatic rings. The van der Waals surface area contributed by atoms with E-state index in [1.165, 1.54) is 6.92 Å². The van der Waals surface area contributed by atoms with Gasteiger partial charge >= 0.3 is 6.18 Å². The van der Waals surface area contributed by atoms with Gasteiger partial charge < -0.3 is 0 Å². The van der Waals surface area contributed by atoms with Gasteiger partial charge in [0.2, 0.25) is 0 Å². The lowest BCUT2D eigenvalue weighted by atomic mass is 10.2. The fraction of sp³-hybridized carbons (Fsp3) is 0.556. The molecule has 0 atom stereocenters. The van der Waals surface area contributed by atoms with E-state index >= 15 is 0 Å². The summed E-state index contributed by atoms with van der Waals surface area (Å²) in [5.74, 6) is 0. The molecule has 0 radical (unpaired) electrons. The van der Waals surface area contributed by atoms with Gasteiger partial charge in [0.15, 0.2) is 5.69 Å². The molecule has 0 aliphatic carbocycles. The second-order valence-corrected chi connectivity index (χ2v) is 3.46. The predicted octanol–water partition coefficient (Wildman–Crippen LogP) is 2.66. The maximum absolute atomic E-state index is 12.7. The molecule has 1 aromatic heterocycles. The van der Waals surface area contributed by atoms with Gasteiger partial charge in [-0.15, -0.1) is 0 Å². The van der Waals surface area contributed by atoms with Crippen molar-refractivity contribution in [2.45, 2.75) is 33.0 Å². The molecular weight excluding hydrogens is 207 g/mol. The maximum atomic E-state index is 12.7. The molecule has 1 rings (SSSR count). The van der Waals surface area contributed by atoms with E-state index in [-0.39, 0.29) is 5.69 Å². The smallest absolute Gasteiger partial charge is 0.256 e. The first-order chi connectivity index (χ1) is 6.79. The van der Waals surface area contributed by atoms with E-state index in [2.05, 4.69) is 5.10 Å². The second kappa shape index (κ2) is 3.57. The zero-order valence-electron chi connectivity index (χ0n) is 8.55. The van der Waals surface area contributed by atoms with Crippen molar-refractivity contribution in [2.75, 3.05) is 0 Å². The van der Waals surface area contributed by atoms with Crippen LogP contribution in [0.15, 0.2) is 0 Å². The van der Waals surface area contributed by atoms with E-state index in [0.717, 1.165) is 4.68 Å². The van der Waals surface area contributed by atoms with E-state index in [0.29, 0.717) is 0 Å². The molecule has 6 heteroatoms. The Labute approximate surface area is 85.1 Å². The van der Waals surface area contributed by atoms with Crippen LogP contribution < -0.4 is 0 Å². The van der Waals surface area contributed by atoms with Gasteiger partial charge in [-0.1, -0.05) is 0 Å². The lowest BCUT2D eigenvalue weighted by Gasteiger charge is -2.13. The van der Waals surface area contributed by atoms with Crippen LogP contribution in [-0.2, 0) is 6.18 Å². The molecule has 3 nitrogen and oxygen atoms in total. The zero-order chi connectivity index (χ0) is 11.8. The Morgan fingerprint density at radius 3 is 2.27 bits per heavy atom. The van der Waals surface area contributed by atoms with Crippen molar-refractivity contribution < 1.29 is 13.2 Å². The topological polar surface area (TPSA) is 41.6 Å². The van der Waals surface area contributed by atoms with Crippen molar-refractivity contribution in [2.24, 2.45) is 0 Å². The number of rotatable bonds is 1. The molecule has 0 spiro atoms. The fourth-order valence-corrected chi connectivity index (χ4v) is 1.33. The lowest BCUT2D eigenvalue weighted by Crippen LogP contribution is -2.17. The number of nitriles is 1. The van der Waals surface area contributed by atoms with Crippen LogP contribution in [0.1, 0.15) is 36.8 Å². The van der Waals surface area contributed by atoms with E-state index in [1.54, 1.807) is 19.9 Å². The third-order valence-corrected chi connectivity index (χ3v) is 1.95. The predicted molar refractivity (Wildman–Crippen MR) is 47.1 cm³/mol. The highest BCUT2D eigenvalue weighted by Gasteiger charge is 2.40. The van der Waals surface area contributed by atoms with E-state index in [9.17, 15) is 13.2 Å². The monoisotopic (exact) mass is 217 g/mol. The highest BCUT2D eigenvalue weighted by atomic mass is 19.4. The van der Waals surface area contributed by atoms with E-state index in [4.69, 9.17) is 5.26 Å². The van der Waals surface area contributed by atoms with Gasteiger partial charge in [-0.3, -0.25) is 4.68 Å². The Balaban J connectivity index is 3.51. The molecule has 15 heavy (non-hydrogen) atoms. The normalized spacial score (nSPS) is 11.9. The van der Waals surface area contributed by atoms with E-state index in [1.807, 2.05) is 0 Å². The molecular formula is C9H10F3N3. The summed E-state index contributed by atoms with van der Waals surface area (Å²) in [7, 11) is 0. The SMILES string of the molecule is Cc1nn(C(C)C)c(C(F)(F)F)c1C#N. The van der Waals surface area contributed by atoms with Gasteiger partial charge in [0.25, 0.3) is 0 Å². The van der Waals surface area contributed by atoms with Crippen molar-refractivity contribution in [3.63, 3.8) is 0 Å². The number of halogens is 3. The Morgan fingerprint density at radius 2 is 1.93 bits per heavy atom. The standard InChI is InChI=1S/C9H10F3N3/c1-5(2)15-8(9(10,11)12)7(4-13)6(3)14-15/h5H,1-3H3. The van der Waals surface area contributed by atoms with Crippen LogP contribution >= 0.6 is 0 Å². The van der Waals surface area contributed by atoms with Crippen LogP contribution in [0.25, 0.3) is 0 Å². The largest absolute Gasteiger partial charge is 0.434 e. The van der Waals surface area contributed by atoms with Crippen molar-refractivity contribution in [3.8, 4) is 6.07 Å². The van der Waals surface area contributed by atoms with Gasteiger partial charge in [0.05, 0.1) is 5.69 Å². The quantitative estimate of drug-likeness (QED) is 0.725. The first kappa shape index (κ1) is 11.6. The molecule has 1 heterocycles. The number of nitrogens with zero attached hydrogens (tertiary/aromatic N) is 3. The second-order valence-electron chi connectivity index (χ2n) is 3.46. The summed E-state index contributed by atoms with van der Waals surface area (Å²) in [4.78, 5) is 0. The minimum atomic E-state index is -4.55. The third kappa shape index (κ3) is 1.96. The number of alkyl halides is 3. The van der Waals surface area contributed by atoms with Crippen molar-refractivity contribution in [3.05, 3.63) is 17.0 Å². The molecule has 0 saturated heterocycles. The summed E-state index contributed by atoms with van der Waals surface area (Å²) in [6, 6.07) is 1.11. The summed E-state index contributed by atoms with van der Waals surface area (Å²) in [5.41, 5.74) is -1.24. The van der Waals surface area contributed by atoms with Gasteiger partial charge in [-0.25, -0.2) is 0 Å². The summed E-state index contributed by atoms with van der Waals surface area (Å²) in [6.07, 6.45) is -4.55. The lowest BCUT2D eigenvalue weighted by molar-refractivity contribution is -0.144. The molecule has 0 bridgehead atoms. The van der Waals surface area contributed by atoms with Crippen molar-refractivity contribution in [1.29, 1.82) is 5.26 Å². The molecule has 0 unspecified atom stereocenters. The number of aryl methyl sites for hydroxylation is 1. The zero-order valence-corrected chi connectivity index (χ0v) is 8.55. The minimum absolute atomic E-state index is 0.110. The van der Waals surface area contributed by atoms with Gasteiger partial charge in [-0.05, 0) is 20.8 Å². The summed E-state index contributed by atoms with van der Waals surface area (Å²) in [5, 5.41) is 12.4. The summed E-state index contributed by atoms with van der Waals surface area (Å²) in [6.45, 7) is 4.57. The highest BCUT2D eigenvalue weighted by Crippen LogP contribution is 2.34. The fourth-order valence-electron chi connectivity index (χ4n) is 1.33. The summed E-state index contributed by atoms with van der Waals surface area (Å²) >= 11 is 0. The Bertz CT molecular complexity index is 409. The van der Waals surface area contributed by atoms with Crippen molar-refractivity contribution >= 4 is 0 Å². The first-order valence-electron chi connectivity index (χ1n) is 4.35. The molecule has 0 fully saturated rings. The van der Waals surface area contributed by atoms with Crippen molar-refractivity contribution in [1.82, 2.24) is 9.78 Å². The Hall–Kier alpha value is -1.51. The number of aromatic nitrogens is 2. The first-order valence-corrected chi connectivity index (χ1v) is 4.35. The van der Waals surface area contributed by atoms with Crippen LogP contribution in [0.4, 0.5) is 13.2 Å². The molecule has 0 aliphatic rings. The molecule has 0 N–H and O–H groups in total. The van der Waals surface area contributed by atoms with Gasteiger partial charge in [-0.2, -0.15) is 23.5 Å². The molecule has 0 amide bonds. The van der Waals surface area contributed by atoms with Crippen LogP contribution in [0.3, 0.4) is 0 Å². The Morgan fingerprint density at radius 1 is 1.40 bits per heavy atom. The molecule has 0 aromatic carbocycles. The van der Waals surface area contributed by atoms with Gasteiger partial charge in [0.1, 0.15) is 11.6 Å². The minimum Gasteiger partial charge on any atom is -0.256 e. The van der Waals surface area contributed by atoms with Gasteiger partial charge in [0, 0.05) is 6.04 Å².